The van der Waals surface area contributed by atoms with Gasteiger partial charge in [0.2, 0.25) is 0 Å². The Morgan fingerprint density at radius 2 is 1.08 bits per heavy atom. The second kappa shape index (κ2) is 5.68. The zero-order valence-corrected chi connectivity index (χ0v) is 15.0. The SMILES string of the molecule is Brc1cccc(-c2ccc3c4ccccc4c4ccccc4c3c2)n1. The molecule has 1 nitrogen and oxygen atoms in total. The molecule has 118 valence electrons. The van der Waals surface area contributed by atoms with Gasteiger partial charge in [-0.3, -0.25) is 0 Å². The number of halogens is 1. The molecular formula is C23H14BrN. The van der Waals surface area contributed by atoms with Gasteiger partial charge in [0.25, 0.3) is 0 Å². The third-order valence-electron chi connectivity index (χ3n) is 4.76. The number of hydrogen-bond acceptors (Lipinski definition) is 1. The molecule has 5 aromatic rings. The number of aromatic nitrogens is 1. The zero-order chi connectivity index (χ0) is 16.8. The Balaban J connectivity index is 1.93. The van der Waals surface area contributed by atoms with Crippen molar-refractivity contribution in [1.29, 1.82) is 0 Å². The van der Waals surface area contributed by atoms with Gasteiger partial charge in [-0.25, -0.2) is 4.98 Å². The second-order valence-electron chi connectivity index (χ2n) is 6.20. The van der Waals surface area contributed by atoms with E-state index in [1.165, 1.54) is 32.3 Å². The van der Waals surface area contributed by atoms with Crippen LogP contribution in [0, 0.1) is 0 Å². The van der Waals surface area contributed by atoms with Crippen LogP contribution in [0.2, 0.25) is 0 Å². The van der Waals surface area contributed by atoms with E-state index in [0.29, 0.717) is 0 Å². The summed E-state index contributed by atoms with van der Waals surface area (Å²) in [4.78, 5) is 4.61. The summed E-state index contributed by atoms with van der Waals surface area (Å²) >= 11 is 3.47. The molecule has 0 bridgehead atoms. The van der Waals surface area contributed by atoms with Gasteiger partial charge in [-0.05, 0) is 66.4 Å². The molecule has 1 aromatic heterocycles. The number of nitrogens with zero attached hydrogens (tertiary/aromatic N) is 1. The molecular weight excluding hydrogens is 370 g/mol. The monoisotopic (exact) mass is 383 g/mol. The van der Waals surface area contributed by atoms with Gasteiger partial charge in [0.05, 0.1) is 5.69 Å². The van der Waals surface area contributed by atoms with Crippen molar-refractivity contribution in [2.45, 2.75) is 0 Å². The first-order valence-electron chi connectivity index (χ1n) is 8.27. The van der Waals surface area contributed by atoms with Crippen molar-refractivity contribution >= 4 is 48.2 Å². The molecule has 0 aliphatic rings. The average molecular weight is 384 g/mol. The predicted molar refractivity (Wildman–Crippen MR) is 110 cm³/mol. The van der Waals surface area contributed by atoms with Crippen molar-refractivity contribution in [3.63, 3.8) is 0 Å². The molecule has 2 heteroatoms. The number of rotatable bonds is 1. The lowest BCUT2D eigenvalue weighted by atomic mass is 9.93. The van der Waals surface area contributed by atoms with Crippen LogP contribution in [0.5, 0.6) is 0 Å². The van der Waals surface area contributed by atoms with Gasteiger partial charge in [-0.1, -0.05) is 66.7 Å². The van der Waals surface area contributed by atoms with Crippen LogP contribution in [-0.2, 0) is 0 Å². The quantitative estimate of drug-likeness (QED) is 0.225. The van der Waals surface area contributed by atoms with E-state index in [1.807, 2.05) is 12.1 Å². The van der Waals surface area contributed by atoms with Gasteiger partial charge in [0.1, 0.15) is 4.60 Å². The molecule has 1 heterocycles. The lowest BCUT2D eigenvalue weighted by molar-refractivity contribution is 1.28. The average Bonchev–Trinajstić information content (AvgIpc) is 2.68. The summed E-state index contributed by atoms with van der Waals surface area (Å²) in [5.74, 6) is 0. The van der Waals surface area contributed by atoms with Crippen LogP contribution >= 0.6 is 15.9 Å². The highest BCUT2D eigenvalue weighted by molar-refractivity contribution is 9.10. The Kier molecular flexibility index (Phi) is 3.32. The van der Waals surface area contributed by atoms with Gasteiger partial charge in [0.15, 0.2) is 0 Å². The third-order valence-corrected chi connectivity index (χ3v) is 5.20. The molecule has 0 aliphatic carbocycles. The fourth-order valence-electron chi connectivity index (χ4n) is 3.64. The molecule has 0 aliphatic heterocycles. The minimum Gasteiger partial charge on any atom is -0.241 e. The molecule has 25 heavy (non-hydrogen) atoms. The van der Waals surface area contributed by atoms with Gasteiger partial charge in [-0.15, -0.1) is 0 Å². The lowest BCUT2D eigenvalue weighted by Gasteiger charge is -2.11. The van der Waals surface area contributed by atoms with E-state index in [2.05, 4.69) is 93.7 Å². The number of fused-ring (bicyclic) bond motifs is 6. The molecule has 0 amide bonds. The summed E-state index contributed by atoms with van der Waals surface area (Å²) in [5, 5.41) is 7.74. The summed E-state index contributed by atoms with van der Waals surface area (Å²) in [6, 6.07) is 30.0. The Morgan fingerprint density at radius 3 is 1.68 bits per heavy atom. The first kappa shape index (κ1) is 14.6. The normalized spacial score (nSPS) is 11.4. The molecule has 0 spiro atoms. The Labute approximate surface area is 154 Å². The Morgan fingerprint density at radius 1 is 0.520 bits per heavy atom. The maximum atomic E-state index is 4.61. The molecule has 0 saturated heterocycles. The fraction of sp³-hybridized carbons (Fsp3) is 0. The van der Waals surface area contributed by atoms with Crippen LogP contribution < -0.4 is 0 Å². The third kappa shape index (κ3) is 2.33. The standard InChI is InChI=1S/C23H14BrN/c24-23-11-5-10-22(25-23)15-12-13-20-18-8-2-1-6-16(18)17-7-3-4-9-19(17)21(20)14-15/h1-14H. The highest BCUT2D eigenvalue weighted by Gasteiger charge is 2.09. The van der Waals surface area contributed by atoms with Gasteiger partial charge in [-0.2, -0.15) is 0 Å². The molecule has 0 unspecified atom stereocenters. The van der Waals surface area contributed by atoms with E-state index in [9.17, 15) is 0 Å². The van der Waals surface area contributed by atoms with E-state index in [0.717, 1.165) is 15.9 Å². The lowest BCUT2D eigenvalue weighted by Crippen LogP contribution is -1.87. The minimum absolute atomic E-state index is 0.855. The van der Waals surface area contributed by atoms with Crippen LogP contribution in [0.1, 0.15) is 0 Å². The molecule has 4 aromatic carbocycles. The number of benzene rings is 4. The fourth-order valence-corrected chi connectivity index (χ4v) is 3.98. The molecule has 0 atom stereocenters. The van der Waals surface area contributed by atoms with E-state index in [1.54, 1.807) is 0 Å². The topological polar surface area (TPSA) is 12.9 Å². The summed E-state index contributed by atoms with van der Waals surface area (Å²) in [6.45, 7) is 0. The first-order valence-corrected chi connectivity index (χ1v) is 9.07. The number of pyridine rings is 1. The summed E-state index contributed by atoms with van der Waals surface area (Å²) in [7, 11) is 0. The van der Waals surface area contributed by atoms with Crippen molar-refractivity contribution in [3.05, 3.63) is 89.5 Å². The first-order chi connectivity index (χ1) is 12.3. The smallest absolute Gasteiger partial charge is 0.106 e. The van der Waals surface area contributed by atoms with E-state index in [4.69, 9.17) is 0 Å². The van der Waals surface area contributed by atoms with Crippen LogP contribution in [0.3, 0.4) is 0 Å². The largest absolute Gasteiger partial charge is 0.241 e. The van der Waals surface area contributed by atoms with Crippen LogP contribution in [0.15, 0.2) is 89.5 Å². The van der Waals surface area contributed by atoms with Crippen LogP contribution in [0.25, 0.3) is 43.6 Å². The minimum atomic E-state index is 0.855. The maximum Gasteiger partial charge on any atom is 0.106 e. The summed E-state index contributed by atoms with van der Waals surface area (Å²) < 4.78 is 0.855. The van der Waals surface area contributed by atoms with Gasteiger partial charge < -0.3 is 0 Å². The summed E-state index contributed by atoms with van der Waals surface area (Å²) in [6.07, 6.45) is 0. The van der Waals surface area contributed by atoms with Gasteiger partial charge >= 0.3 is 0 Å². The van der Waals surface area contributed by atoms with Crippen LogP contribution in [0.4, 0.5) is 0 Å². The molecule has 5 rings (SSSR count). The molecule has 0 N–H and O–H groups in total. The number of hydrogen-bond donors (Lipinski definition) is 0. The van der Waals surface area contributed by atoms with E-state index < -0.39 is 0 Å². The summed E-state index contributed by atoms with van der Waals surface area (Å²) in [5.41, 5.74) is 2.11. The highest BCUT2D eigenvalue weighted by atomic mass is 79.9. The highest BCUT2D eigenvalue weighted by Crippen LogP contribution is 2.36. The molecule has 0 fully saturated rings. The van der Waals surface area contributed by atoms with Crippen molar-refractivity contribution in [2.75, 3.05) is 0 Å². The van der Waals surface area contributed by atoms with Crippen molar-refractivity contribution in [2.24, 2.45) is 0 Å². The molecule has 0 radical (unpaired) electrons. The second-order valence-corrected chi connectivity index (χ2v) is 7.01. The Hall–Kier alpha value is -2.71. The van der Waals surface area contributed by atoms with Crippen molar-refractivity contribution in [1.82, 2.24) is 4.98 Å². The zero-order valence-electron chi connectivity index (χ0n) is 13.4. The van der Waals surface area contributed by atoms with Crippen molar-refractivity contribution in [3.8, 4) is 11.3 Å². The Bertz CT molecular complexity index is 1220. The predicted octanol–water partition coefficient (Wildman–Crippen LogP) is 6.97. The van der Waals surface area contributed by atoms with Crippen LogP contribution in [-0.4, -0.2) is 4.98 Å². The van der Waals surface area contributed by atoms with Gasteiger partial charge in [0, 0.05) is 5.56 Å². The van der Waals surface area contributed by atoms with E-state index in [-0.39, 0.29) is 0 Å². The maximum absolute atomic E-state index is 4.61. The van der Waals surface area contributed by atoms with E-state index >= 15 is 0 Å². The molecule has 0 saturated carbocycles. The van der Waals surface area contributed by atoms with Crippen molar-refractivity contribution < 1.29 is 0 Å².